The normalized spacial score (nSPS) is 14.1. The third kappa shape index (κ3) is 4.60. The molecule has 0 bridgehead atoms. The zero-order chi connectivity index (χ0) is 21.0. The SMILES string of the molecule is O=C(O)CNC(=O)C1=C(O)CCN(Cc2ccc(-c3ccccc3)c(F)c2)C1=O. The summed E-state index contributed by atoms with van der Waals surface area (Å²) in [4.78, 5) is 36.6. The van der Waals surface area contributed by atoms with Crippen molar-refractivity contribution in [2.75, 3.05) is 13.1 Å². The largest absolute Gasteiger partial charge is 0.511 e. The summed E-state index contributed by atoms with van der Waals surface area (Å²) in [5, 5.41) is 20.6. The Morgan fingerprint density at radius 3 is 2.52 bits per heavy atom. The van der Waals surface area contributed by atoms with Crippen molar-refractivity contribution in [3.05, 3.63) is 71.2 Å². The van der Waals surface area contributed by atoms with E-state index in [0.717, 1.165) is 5.56 Å². The van der Waals surface area contributed by atoms with E-state index in [0.29, 0.717) is 11.1 Å². The summed E-state index contributed by atoms with van der Waals surface area (Å²) in [7, 11) is 0. The Hall–Kier alpha value is -3.68. The van der Waals surface area contributed by atoms with Gasteiger partial charge >= 0.3 is 5.97 Å². The number of hydrogen-bond acceptors (Lipinski definition) is 4. The molecule has 3 rings (SSSR count). The van der Waals surface area contributed by atoms with Gasteiger partial charge in [0.1, 0.15) is 23.7 Å². The Balaban J connectivity index is 1.75. The van der Waals surface area contributed by atoms with Crippen LogP contribution >= 0.6 is 0 Å². The van der Waals surface area contributed by atoms with Gasteiger partial charge in [0.15, 0.2) is 0 Å². The van der Waals surface area contributed by atoms with Crippen LogP contribution in [0.15, 0.2) is 59.9 Å². The zero-order valence-electron chi connectivity index (χ0n) is 15.4. The Bertz CT molecular complexity index is 988. The molecule has 29 heavy (non-hydrogen) atoms. The molecule has 1 heterocycles. The minimum Gasteiger partial charge on any atom is -0.511 e. The summed E-state index contributed by atoms with van der Waals surface area (Å²) < 4.78 is 14.6. The van der Waals surface area contributed by atoms with Gasteiger partial charge in [0, 0.05) is 25.1 Å². The summed E-state index contributed by atoms with van der Waals surface area (Å²) >= 11 is 0. The summed E-state index contributed by atoms with van der Waals surface area (Å²) in [6.45, 7) is -0.467. The Kier molecular flexibility index (Phi) is 5.92. The first-order valence-electron chi connectivity index (χ1n) is 8.92. The quantitative estimate of drug-likeness (QED) is 0.647. The number of carboxylic acid groups (broad SMARTS) is 1. The number of halogens is 1. The first-order chi connectivity index (χ1) is 13.9. The third-order valence-corrected chi connectivity index (χ3v) is 4.53. The van der Waals surface area contributed by atoms with Crippen LogP contribution in [0.5, 0.6) is 0 Å². The van der Waals surface area contributed by atoms with Crippen molar-refractivity contribution in [2.24, 2.45) is 0 Å². The van der Waals surface area contributed by atoms with Gasteiger partial charge in [-0.15, -0.1) is 0 Å². The molecule has 0 aliphatic carbocycles. The number of benzene rings is 2. The lowest BCUT2D eigenvalue weighted by molar-refractivity contribution is -0.138. The molecular weight excluding hydrogens is 379 g/mol. The molecular formula is C21H19FN2O5. The molecule has 0 unspecified atom stereocenters. The molecule has 0 radical (unpaired) electrons. The molecule has 0 atom stereocenters. The molecule has 150 valence electrons. The van der Waals surface area contributed by atoms with Gasteiger partial charge in [-0.25, -0.2) is 4.39 Å². The third-order valence-electron chi connectivity index (χ3n) is 4.53. The zero-order valence-corrected chi connectivity index (χ0v) is 15.4. The lowest BCUT2D eigenvalue weighted by Gasteiger charge is -2.28. The van der Waals surface area contributed by atoms with E-state index in [1.54, 1.807) is 24.3 Å². The van der Waals surface area contributed by atoms with Crippen LogP contribution in [-0.4, -0.2) is 46.0 Å². The molecule has 7 nitrogen and oxygen atoms in total. The highest BCUT2D eigenvalue weighted by molar-refractivity contribution is 6.19. The minimum atomic E-state index is -1.27. The van der Waals surface area contributed by atoms with E-state index in [9.17, 15) is 23.9 Å². The molecule has 0 spiro atoms. The summed E-state index contributed by atoms with van der Waals surface area (Å²) in [5.74, 6) is -3.78. The molecule has 0 saturated heterocycles. The number of aliphatic carboxylic acids is 1. The van der Waals surface area contributed by atoms with Crippen molar-refractivity contribution in [3.63, 3.8) is 0 Å². The number of aliphatic hydroxyl groups excluding tert-OH is 1. The van der Waals surface area contributed by atoms with Crippen LogP contribution in [0.1, 0.15) is 12.0 Å². The van der Waals surface area contributed by atoms with Crippen LogP contribution in [0.25, 0.3) is 11.1 Å². The number of carbonyl (C=O) groups excluding carboxylic acids is 2. The predicted molar refractivity (Wildman–Crippen MR) is 102 cm³/mol. The monoisotopic (exact) mass is 398 g/mol. The van der Waals surface area contributed by atoms with E-state index in [4.69, 9.17) is 5.11 Å². The van der Waals surface area contributed by atoms with Crippen molar-refractivity contribution in [1.29, 1.82) is 0 Å². The van der Waals surface area contributed by atoms with E-state index in [2.05, 4.69) is 5.32 Å². The number of aliphatic hydroxyl groups is 1. The van der Waals surface area contributed by atoms with Crippen molar-refractivity contribution in [1.82, 2.24) is 10.2 Å². The van der Waals surface area contributed by atoms with E-state index >= 15 is 0 Å². The molecule has 2 amide bonds. The molecule has 0 aromatic heterocycles. The van der Waals surface area contributed by atoms with Gasteiger partial charge < -0.3 is 20.4 Å². The molecule has 0 fully saturated rings. The fourth-order valence-electron chi connectivity index (χ4n) is 3.10. The maximum absolute atomic E-state index is 14.6. The Morgan fingerprint density at radius 1 is 1.14 bits per heavy atom. The van der Waals surface area contributed by atoms with Crippen LogP contribution in [0.4, 0.5) is 4.39 Å². The molecule has 1 aliphatic heterocycles. The van der Waals surface area contributed by atoms with Crippen LogP contribution in [-0.2, 0) is 20.9 Å². The highest BCUT2D eigenvalue weighted by Crippen LogP contribution is 2.25. The number of amides is 2. The van der Waals surface area contributed by atoms with Crippen molar-refractivity contribution in [3.8, 4) is 11.1 Å². The Labute approximate surface area is 166 Å². The number of nitrogens with one attached hydrogen (secondary N) is 1. The van der Waals surface area contributed by atoms with E-state index < -0.39 is 35.7 Å². The maximum Gasteiger partial charge on any atom is 0.322 e. The number of hydrogen-bond donors (Lipinski definition) is 3. The second-order valence-electron chi connectivity index (χ2n) is 6.56. The number of rotatable bonds is 6. The molecule has 1 aliphatic rings. The average molecular weight is 398 g/mol. The van der Waals surface area contributed by atoms with Gasteiger partial charge in [0.2, 0.25) is 0 Å². The first-order valence-corrected chi connectivity index (χ1v) is 8.92. The van der Waals surface area contributed by atoms with Gasteiger partial charge in [-0.05, 0) is 17.2 Å². The topological polar surface area (TPSA) is 107 Å². The molecule has 0 saturated carbocycles. The summed E-state index contributed by atoms with van der Waals surface area (Å²) in [5.41, 5.74) is 1.21. The smallest absolute Gasteiger partial charge is 0.322 e. The fourth-order valence-corrected chi connectivity index (χ4v) is 3.10. The van der Waals surface area contributed by atoms with Crippen LogP contribution in [0, 0.1) is 5.82 Å². The predicted octanol–water partition coefficient (Wildman–Crippen LogP) is 2.24. The second kappa shape index (κ2) is 8.55. The lowest BCUT2D eigenvalue weighted by atomic mass is 10.0. The standard InChI is InChI=1S/C21H19FN2O5/c22-16-10-13(6-7-15(16)14-4-2-1-3-5-14)12-24-9-8-17(25)19(21(24)29)20(28)23-11-18(26)27/h1-7,10,25H,8-9,11-12H2,(H,23,28)(H,26,27). The molecule has 2 aromatic carbocycles. The van der Waals surface area contributed by atoms with Crippen LogP contribution in [0.2, 0.25) is 0 Å². The number of nitrogens with zero attached hydrogens (tertiary/aromatic N) is 1. The molecule has 3 N–H and O–H groups in total. The fraction of sp³-hybridized carbons (Fsp3) is 0.190. The van der Waals surface area contributed by atoms with Crippen molar-refractivity contribution < 1.29 is 29.0 Å². The van der Waals surface area contributed by atoms with Crippen LogP contribution in [0.3, 0.4) is 0 Å². The van der Waals surface area contributed by atoms with E-state index in [1.165, 1.54) is 11.0 Å². The minimum absolute atomic E-state index is 0.0478. The van der Waals surface area contributed by atoms with Crippen molar-refractivity contribution in [2.45, 2.75) is 13.0 Å². The number of carboxylic acids is 1. The van der Waals surface area contributed by atoms with Gasteiger partial charge in [0.25, 0.3) is 11.8 Å². The van der Waals surface area contributed by atoms with Crippen molar-refractivity contribution >= 4 is 17.8 Å². The van der Waals surface area contributed by atoms with Gasteiger partial charge in [-0.1, -0.05) is 42.5 Å². The van der Waals surface area contributed by atoms with E-state index in [1.807, 2.05) is 18.2 Å². The van der Waals surface area contributed by atoms with Gasteiger partial charge in [-0.2, -0.15) is 0 Å². The highest BCUT2D eigenvalue weighted by atomic mass is 19.1. The van der Waals surface area contributed by atoms with Gasteiger partial charge in [0.05, 0.1) is 0 Å². The second-order valence-corrected chi connectivity index (χ2v) is 6.56. The first kappa shape index (κ1) is 20.1. The average Bonchev–Trinajstić information content (AvgIpc) is 2.69. The highest BCUT2D eigenvalue weighted by Gasteiger charge is 2.32. The maximum atomic E-state index is 14.6. The summed E-state index contributed by atoms with van der Waals surface area (Å²) in [6, 6.07) is 13.7. The molecule has 8 heteroatoms. The van der Waals surface area contributed by atoms with E-state index in [-0.39, 0.29) is 25.3 Å². The van der Waals surface area contributed by atoms with Gasteiger partial charge in [-0.3, -0.25) is 14.4 Å². The molecule has 2 aromatic rings. The summed E-state index contributed by atoms with van der Waals surface area (Å²) in [6.07, 6.45) is 0.0478. The lowest BCUT2D eigenvalue weighted by Crippen LogP contribution is -2.43. The Morgan fingerprint density at radius 2 is 1.86 bits per heavy atom. The van der Waals surface area contributed by atoms with Crippen LogP contribution < -0.4 is 5.32 Å². The number of carbonyl (C=O) groups is 3.